The summed E-state index contributed by atoms with van der Waals surface area (Å²) in [6.07, 6.45) is 1.18. The van der Waals surface area contributed by atoms with Crippen LogP contribution in [0, 0.1) is 5.41 Å². The number of nitrogens with zero attached hydrogens (tertiary/aromatic N) is 2. The topological polar surface area (TPSA) is 132 Å². The van der Waals surface area contributed by atoms with Crippen LogP contribution in [-0.2, 0) is 16.1 Å². The number of amidine groups is 1. The first kappa shape index (κ1) is 23.9. The zero-order chi connectivity index (χ0) is 24.9. The SMILES string of the molecule is COc1ccc2c(c1)C(=O)N(C[C@H](NC(=O)NC=O)c1ccc(C(=N)N3CCC(=O)CC3)cc1)C2. The van der Waals surface area contributed by atoms with E-state index in [1.165, 1.54) is 0 Å². The molecule has 35 heavy (non-hydrogen) atoms. The first-order valence-corrected chi connectivity index (χ1v) is 11.3. The van der Waals surface area contributed by atoms with E-state index in [1.807, 2.05) is 11.0 Å². The van der Waals surface area contributed by atoms with Crippen molar-refractivity contribution in [2.45, 2.75) is 25.4 Å². The van der Waals surface area contributed by atoms with Gasteiger partial charge in [0.15, 0.2) is 0 Å². The molecule has 0 unspecified atom stereocenters. The Morgan fingerprint density at radius 2 is 1.86 bits per heavy atom. The first-order valence-electron chi connectivity index (χ1n) is 11.3. The number of hydrogen-bond acceptors (Lipinski definition) is 6. The lowest BCUT2D eigenvalue weighted by atomic mass is 10.0. The zero-order valence-electron chi connectivity index (χ0n) is 19.4. The molecule has 10 heteroatoms. The van der Waals surface area contributed by atoms with Gasteiger partial charge in [0.2, 0.25) is 6.41 Å². The van der Waals surface area contributed by atoms with Crippen LogP contribution in [0.25, 0.3) is 0 Å². The molecule has 182 valence electrons. The maximum Gasteiger partial charge on any atom is 0.321 e. The fourth-order valence-corrected chi connectivity index (χ4v) is 4.36. The molecule has 0 aromatic heterocycles. The molecule has 2 aliphatic rings. The second-order valence-corrected chi connectivity index (χ2v) is 8.49. The van der Waals surface area contributed by atoms with Crippen molar-refractivity contribution in [2.24, 2.45) is 0 Å². The van der Waals surface area contributed by atoms with Crippen LogP contribution in [0.1, 0.15) is 45.9 Å². The van der Waals surface area contributed by atoms with Crippen LogP contribution in [0.4, 0.5) is 4.79 Å². The summed E-state index contributed by atoms with van der Waals surface area (Å²) in [6.45, 7) is 1.63. The van der Waals surface area contributed by atoms with E-state index >= 15 is 0 Å². The van der Waals surface area contributed by atoms with Crippen LogP contribution in [-0.4, -0.2) is 66.5 Å². The van der Waals surface area contributed by atoms with E-state index in [2.05, 4.69) is 10.6 Å². The molecule has 1 atom stereocenters. The van der Waals surface area contributed by atoms with Crippen molar-refractivity contribution in [3.8, 4) is 5.75 Å². The number of ether oxygens (including phenoxy) is 1. The van der Waals surface area contributed by atoms with E-state index in [9.17, 15) is 19.2 Å². The van der Waals surface area contributed by atoms with Crippen LogP contribution in [0.15, 0.2) is 42.5 Å². The molecule has 4 amide bonds. The summed E-state index contributed by atoms with van der Waals surface area (Å²) < 4.78 is 5.23. The number of urea groups is 1. The number of hydrogen-bond donors (Lipinski definition) is 3. The second-order valence-electron chi connectivity index (χ2n) is 8.49. The number of Topliss-reactive ketones (excluding diaryl/α,β-unsaturated/α-hetero) is 1. The summed E-state index contributed by atoms with van der Waals surface area (Å²) in [5, 5.41) is 13.3. The number of carbonyl (C=O) groups is 4. The van der Waals surface area contributed by atoms with Crippen LogP contribution >= 0.6 is 0 Å². The smallest absolute Gasteiger partial charge is 0.321 e. The molecular formula is C25H27N5O5. The number of methoxy groups -OCH3 is 1. The van der Waals surface area contributed by atoms with Crippen molar-refractivity contribution in [3.63, 3.8) is 0 Å². The molecular weight excluding hydrogens is 450 g/mol. The predicted molar refractivity (Wildman–Crippen MR) is 127 cm³/mol. The largest absolute Gasteiger partial charge is 0.497 e. The van der Waals surface area contributed by atoms with Gasteiger partial charge in [0, 0.05) is 50.1 Å². The van der Waals surface area contributed by atoms with Gasteiger partial charge < -0.3 is 19.9 Å². The van der Waals surface area contributed by atoms with Gasteiger partial charge >= 0.3 is 6.03 Å². The van der Waals surface area contributed by atoms with Gasteiger partial charge in [0.05, 0.1) is 13.2 Å². The highest BCUT2D eigenvalue weighted by Crippen LogP contribution is 2.28. The molecule has 0 saturated carbocycles. The summed E-state index contributed by atoms with van der Waals surface area (Å²) in [4.78, 5) is 50.9. The number of benzene rings is 2. The summed E-state index contributed by atoms with van der Waals surface area (Å²) in [5.41, 5.74) is 2.84. The molecule has 10 nitrogen and oxygen atoms in total. The molecule has 0 radical (unpaired) electrons. The Morgan fingerprint density at radius 3 is 2.51 bits per heavy atom. The number of amides is 4. The van der Waals surface area contributed by atoms with Gasteiger partial charge in [-0.3, -0.25) is 25.1 Å². The number of fused-ring (bicyclic) bond motifs is 1. The van der Waals surface area contributed by atoms with E-state index < -0.39 is 12.1 Å². The maximum atomic E-state index is 13.0. The summed E-state index contributed by atoms with van der Waals surface area (Å²) in [7, 11) is 1.54. The number of nitrogens with one attached hydrogen (secondary N) is 3. The Morgan fingerprint density at radius 1 is 1.14 bits per heavy atom. The lowest BCUT2D eigenvalue weighted by Crippen LogP contribution is -2.42. The molecule has 1 saturated heterocycles. The minimum atomic E-state index is -0.675. The van der Waals surface area contributed by atoms with Gasteiger partial charge in [0.1, 0.15) is 17.4 Å². The van der Waals surface area contributed by atoms with E-state index in [0.717, 1.165) is 11.1 Å². The van der Waals surface area contributed by atoms with Gasteiger partial charge in [0.25, 0.3) is 5.91 Å². The molecule has 4 rings (SSSR count). The predicted octanol–water partition coefficient (Wildman–Crippen LogP) is 1.84. The molecule has 0 bridgehead atoms. The maximum absolute atomic E-state index is 13.0. The third kappa shape index (κ3) is 5.32. The van der Waals surface area contributed by atoms with Crippen LogP contribution in [0.3, 0.4) is 0 Å². The number of carbonyl (C=O) groups excluding carboxylic acids is 4. The Balaban J connectivity index is 1.51. The summed E-state index contributed by atoms with van der Waals surface area (Å²) in [5.74, 6) is 0.977. The number of likely N-dealkylation sites (tertiary alicyclic amines) is 1. The lowest BCUT2D eigenvalue weighted by Gasteiger charge is -2.29. The van der Waals surface area contributed by atoms with Crippen molar-refractivity contribution in [1.82, 2.24) is 20.4 Å². The molecule has 2 heterocycles. The number of piperidine rings is 1. The molecule has 3 N–H and O–H groups in total. The van der Waals surface area contributed by atoms with E-state index in [-0.39, 0.29) is 18.2 Å². The number of ketones is 1. The average Bonchev–Trinajstić information content (AvgIpc) is 3.18. The van der Waals surface area contributed by atoms with E-state index in [4.69, 9.17) is 10.1 Å². The molecule has 0 aliphatic carbocycles. The van der Waals surface area contributed by atoms with Gasteiger partial charge in [-0.1, -0.05) is 30.3 Å². The normalized spacial score (nSPS) is 15.9. The monoisotopic (exact) mass is 477 g/mol. The van der Waals surface area contributed by atoms with Gasteiger partial charge in [-0.15, -0.1) is 0 Å². The average molecular weight is 478 g/mol. The molecule has 0 spiro atoms. The lowest BCUT2D eigenvalue weighted by molar-refractivity contribution is -0.120. The van der Waals surface area contributed by atoms with E-state index in [0.29, 0.717) is 61.6 Å². The minimum Gasteiger partial charge on any atom is -0.497 e. The second kappa shape index (κ2) is 10.4. The quantitative estimate of drug-likeness (QED) is 0.317. The third-order valence-corrected chi connectivity index (χ3v) is 6.32. The van der Waals surface area contributed by atoms with Gasteiger partial charge in [-0.05, 0) is 23.3 Å². The zero-order valence-corrected chi connectivity index (χ0v) is 19.4. The van der Waals surface area contributed by atoms with Crippen molar-refractivity contribution < 1.29 is 23.9 Å². The highest BCUT2D eigenvalue weighted by molar-refractivity contribution is 5.99. The van der Waals surface area contributed by atoms with Crippen molar-refractivity contribution >= 4 is 30.0 Å². The van der Waals surface area contributed by atoms with Gasteiger partial charge in [-0.2, -0.15) is 0 Å². The van der Waals surface area contributed by atoms with E-state index in [1.54, 1.807) is 48.4 Å². The Bertz CT molecular complexity index is 1150. The van der Waals surface area contributed by atoms with Crippen molar-refractivity contribution in [3.05, 3.63) is 64.7 Å². The number of imide groups is 1. The third-order valence-electron chi connectivity index (χ3n) is 6.32. The van der Waals surface area contributed by atoms with Crippen molar-refractivity contribution in [2.75, 3.05) is 26.7 Å². The van der Waals surface area contributed by atoms with Gasteiger partial charge in [-0.25, -0.2) is 4.79 Å². The summed E-state index contributed by atoms with van der Waals surface area (Å²) >= 11 is 0. The van der Waals surface area contributed by atoms with Crippen LogP contribution < -0.4 is 15.4 Å². The van der Waals surface area contributed by atoms with Crippen molar-refractivity contribution in [1.29, 1.82) is 5.41 Å². The Labute approximate surface area is 202 Å². The van der Waals surface area contributed by atoms with Crippen LogP contribution in [0.5, 0.6) is 5.75 Å². The first-order chi connectivity index (χ1) is 16.9. The number of rotatable bonds is 7. The minimum absolute atomic E-state index is 0.167. The summed E-state index contributed by atoms with van der Waals surface area (Å²) in [6, 6.07) is 11.2. The van der Waals surface area contributed by atoms with Crippen LogP contribution in [0.2, 0.25) is 0 Å². The Hall–Kier alpha value is -4.21. The highest BCUT2D eigenvalue weighted by atomic mass is 16.5. The Kier molecular flexibility index (Phi) is 7.09. The molecule has 2 aromatic carbocycles. The fourth-order valence-electron chi connectivity index (χ4n) is 4.36. The standard InChI is InChI=1S/C25H27N5O5/c1-35-20-7-6-18-13-30(24(33)21(18)12-20)14-22(28-25(34)27-15-31)16-2-4-17(5-3-16)23(26)29-10-8-19(32)9-11-29/h2-7,12,15,22,26H,8-11,13-14H2,1H3,(H2,27,28,31,34)/t22-/m0/s1. The fraction of sp³-hybridized carbons (Fsp3) is 0.320. The highest BCUT2D eigenvalue weighted by Gasteiger charge is 2.31. The molecule has 1 fully saturated rings. The molecule has 2 aliphatic heterocycles. The molecule has 2 aromatic rings.